The number of rotatable bonds is 5. The molecule has 3 aromatic rings. The molecule has 2 aromatic heterocycles. The molecule has 1 aliphatic carbocycles. The number of para-hydroxylation sites is 1. The predicted molar refractivity (Wildman–Crippen MR) is 117 cm³/mol. The molecule has 8 heteroatoms. The van der Waals surface area contributed by atoms with E-state index in [2.05, 4.69) is 0 Å². The molecular formula is C21H20N4O2S2. The molecule has 0 spiro atoms. The predicted octanol–water partition coefficient (Wildman–Crippen LogP) is 3.52. The highest BCUT2D eigenvalue weighted by Crippen LogP contribution is 2.34. The molecule has 1 amide bonds. The highest BCUT2D eigenvalue weighted by Gasteiger charge is 2.22. The van der Waals surface area contributed by atoms with Gasteiger partial charge in [-0.25, -0.2) is 4.98 Å². The van der Waals surface area contributed by atoms with Gasteiger partial charge in [-0.3, -0.25) is 19.1 Å². The maximum Gasteiger partial charge on any atom is 0.262 e. The molecule has 6 nitrogen and oxygen atoms in total. The van der Waals surface area contributed by atoms with Crippen molar-refractivity contribution in [1.82, 2.24) is 9.55 Å². The SMILES string of the molecule is Cn1c(SCC(=O)N(CC#N)c2ccccc2)nc2sc3c(c2c1=O)CCCC3. The molecule has 1 aliphatic rings. The van der Waals surface area contributed by atoms with Crippen molar-refractivity contribution in [1.29, 1.82) is 5.26 Å². The second kappa shape index (κ2) is 8.39. The van der Waals surface area contributed by atoms with Crippen molar-refractivity contribution in [2.45, 2.75) is 30.8 Å². The summed E-state index contributed by atoms with van der Waals surface area (Å²) in [7, 11) is 1.71. The molecule has 0 atom stereocenters. The van der Waals surface area contributed by atoms with Gasteiger partial charge in [0.15, 0.2) is 5.16 Å². The van der Waals surface area contributed by atoms with E-state index >= 15 is 0 Å². The molecule has 148 valence electrons. The third kappa shape index (κ3) is 3.80. The van der Waals surface area contributed by atoms with Crippen LogP contribution in [-0.4, -0.2) is 27.8 Å². The number of aromatic nitrogens is 2. The van der Waals surface area contributed by atoms with Gasteiger partial charge in [-0.15, -0.1) is 11.3 Å². The number of thioether (sulfide) groups is 1. The van der Waals surface area contributed by atoms with Crippen molar-refractivity contribution in [2.75, 3.05) is 17.2 Å². The van der Waals surface area contributed by atoms with E-state index in [1.54, 1.807) is 35.1 Å². The van der Waals surface area contributed by atoms with E-state index in [1.165, 1.54) is 27.1 Å². The minimum Gasteiger partial charge on any atom is -0.298 e. The van der Waals surface area contributed by atoms with Crippen molar-refractivity contribution in [2.24, 2.45) is 7.05 Å². The summed E-state index contributed by atoms with van der Waals surface area (Å²) in [5.74, 6) is -0.0875. The lowest BCUT2D eigenvalue weighted by Gasteiger charge is -2.19. The Labute approximate surface area is 176 Å². The summed E-state index contributed by atoms with van der Waals surface area (Å²) in [4.78, 5) is 33.9. The van der Waals surface area contributed by atoms with Gasteiger partial charge in [0.05, 0.1) is 17.2 Å². The maximum atomic E-state index is 13.0. The number of fused-ring (bicyclic) bond motifs is 3. The average Bonchev–Trinajstić information content (AvgIpc) is 3.12. The van der Waals surface area contributed by atoms with Crippen LogP contribution in [-0.2, 0) is 24.7 Å². The summed E-state index contributed by atoms with van der Waals surface area (Å²) in [6.07, 6.45) is 4.23. The smallest absolute Gasteiger partial charge is 0.262 e. The third-order valence-electron chi connectivity index (χ3n) is 5.08. The number of hydrogen-bond acceptors (Lipinski definition) is 6. The Morgan fingerprint density at radius 2 is 2.07 bits per heavy atom. The van der Waals surface area contributed by atoms with Gasteiger partial charge in [-0.2, -0.15) is 5.26 Å². The summed E-state index contributed by atoms with van der Waals surface area (Å²) in [5.41, 5.74) is 1.81. The molecule has 4 rings (SSSR count). The first-order valence-electron chi connectivity index (χ1n) is 9.46. The molecule has 0 radical (unpaired) electrons. The number of aryl methyl sites for hydroxylation is 2. The second-order valence-corrected chi connectivity index (χ2v) is 8.94. The molecule has 0 aliphatic heterocycles. The van der Waals surface area contributed by atoms with Crippen molar-refractivity contribution >= 4 is 44.9 Å². The molecule has 0 bridgehead atoms. The molecule has 0 saturated heterocycles. The average molecular weight is 425 g/mol. The zero-order valence-electron chi connectivity index (χ0n) is 16.1. The first-order valence-corrected chi connectivity index (χ1v) is 11.3. The van der Waals surface area contributed by atoms with E-state index in [4.69, 9.17) is 10.2 Å². The molecule has 29 heavy (non-hydrogen) atoms. The zero-order chi connectivity index (χ0) is 20.4. The lowest BCUT2D eigenvalue weighted by Crippen LogP contribution is -2.33. The number of nitrogens with zero attached hydrogens (tertiary/aromatic N) is 4. The summed E-state index contributed by atoms with van der Waals surface area (Å²) in [6, 6.07) is 11.2. The molecular weight excluding hydrogens is 404 g/mol. The van der Waals surface area contributed by atoms with Gasteiger partial charge in [-0.1, -0.05) is 30.0 Å². The molecule has 2 heterocycles. The number of nitriles is 1. The lowest BCUT2D eigenvalue weighted by atomic mass is 9.97. The van der Waals surface area contributed by atoms with Crippen LogP contribution >= 0.6 is 23.1 Å². The number of amides is 1. The molecule has 0 saturated carbocycles. The van der Waals surface area contributed by atoms with E-state index in [1.807, 2.05) is 24.3 Å². The first kappa shape index (κ1) is 19.7. The second-order valence-electron chi connectivity index (χ2n) is 6.91. The Kier molecular flexibility index (Phi) is 5.69. The molecule has 0 fully saturated rings. The number of carbonyl (C=O) groups is 1. The first-order chi connectivity index (χ1) is 14.1. The van der Waals surface area contributed by atoms with E-state index in [9.17, 15) is 9.59 Å². The van der Waals surface area contributed by atoms with Gasteiger partial charge in [0, 0.05) is 17.6 Å². The highest BCUT2D eigenvalue weighted by molar-refractivity contribution is 7.99. The number of carbonyl (C=O) groups excluding carboxylic acids is 1. The van der Waals surface area contributed by atoms with Crippen molar-refractivity contribution in [3.05, 3.63) is 51.1 Å². The van der Waals surface area contributed by atoms with Gasteiger partial charge >= 0.3 is 0 Å². The monoisotopic (exact) mass is 424 g/mol. The zero-order valence-corrected chi connectivity index (χ0v) is 17.7. The minimum atomic E-state index is -0.192. The Hall–Kier alpha value is -2.63. The Bertz CT molecular complexity index is 1160. The van der Waals surface area contributed by atoms with E-state index in [0.29, 0.717) is 10.8 Å². The van der Waals surface area contributed by atoms with E-state index < -0.39 is 0 Å². The van der Waals surface area contributed by atoms with Gasteiger partial charge in [0.2, 0.25) is 5.91 Å². The number of anilines is 1. The quantitative estimate of drug-likeness (QED) is 0.356. The van der Waals surface area contributed by atoms with Crippen LogP contribution in [0.4, 0.5) is 5.69 Å². The highest BCUT2D eigenvalue weighted by atomic mass is 32.2. The minimum absolute atomic E-state index is 0.0214. The molecule has 1 aromatic carbocycles. The Morgan fingerprint density at radius 3 is 2.83 bits per heavy atom. The van der Waals surface area contributed by atoms with Crippen LogP contribution in [0.5, 0.6) is 0 Å². The van der Waals surface area contributed by atoms with Crippen LogP contribution in [0.1, 0.15) is 23.3 Å². The fourth-order valence-corrected chi connectivity index (χ4v) is 5.75. The Balaban J connectivity index is 1.59. The summed E-state index contributed by atoms with van der Waals surface area (Å²) < 4.78 is 1.54. The largest absolute Gasteiger partial charge is 0.298 e. The third-order valence-corrected chi connectivity index (χ3v) is 7.28. The van der Waals surface area contributed by atoms with Crippen LogP contribution in [0.3, 0.4) is 0 Å². The van der Waals surface area contributed by atoms with Crippen molar-refractivity contribution < 1.29 is 4.79 Å². The van der Waals surface area contributed by atoms with E-state index in [-0.39, 0.29) is 23.8 Å². The fourth-order valence-electron chi connectivity index (χ4n) is 3.60. The normalized spacial score (nSPS) is 13.1. The van der Waals surface area contributed by atoms with Crippen LogP contribution < -0.4 is 10.5 Å². The number of hydrogen-bond donors (Lipinski definition) is 0. The van der Waals surface area contributed by atoms with Gasteiger partial charge in [0.25, 0.3) is 5.56 Å². The topological polar surface area (TPSA) is 79.0 Å². The maximum absolute atomic E-state index is 13.0. The Morgan fingerprint density at radius 1 is 1.31 bits per heavy atom. The summed E-state index contributed by atoms with van der Waals surface area (Å²) >= 11 is 2.84. The lowest BCUT2D eigenvalue weighted by molar-refractivity contribution is -0.116. The van der Waals surface area contributed by atoms with Gasteiger partial charge < -0.3 is 0 Å². The molecule has 0 N–H and O–H groups in total. The number of thiophene rings is 1. The fraction of sp³-hybridized carbons (Fsp3) is 0.333. The van der Waals surface area contributed by atoms with Crippen LogP contribution in [0, 0.1) is 11.3 Å². The van der Waals surface area contributed by atoms with Gasteiger partial charge in [-0.05, 0) is 43.4 Å². The van der Waals surface area contributed by atoms with Gasteiger partial charge in [0.1, 0.15) is 11.4 Å². The standard InChI is InChI=1S/C21H20N4O2S2/c1-24-20(27)18-15-9-5-6-10-16(15)29-19(18)23-21(24)28-13-17(26)25(12-11-22)14-7-3-2-4-8-14/h2-4,7-8H,5-6,9-10,12-13H2,1H3. The van der Waals surface area contributed by atoms with Crippen molar-refractivity contribution in [3.63, 3.8) is 0 Å². The summed E-state index contributed by atoms with van der Waals surface area (Å²) in [6.45, 7) is -0.0214. The van der Waals surface area contributed by atoms with Crippen molar-refractivity contribution in [3.8, 4) is 6.07 Å². The van der Waals surface area contributed by atoms with E-state index in [0.717, 1.165) is 35.9 Å². The van der Waals surface area contributed by atoms with Crippen LogP contribution in [0.2, 0.25) is 0 Å². The van der Waals surface area contributed by atoms with Crippen LogP contribution in [0.15, 0.2) is 40.3 Å². The number of benzene rings is 1. The van der Waals surface area contributed by atoms with Crippen LogP contribution in [0.25, 0.3) is 10.2 Å². The molecule has 0 unspecified atom stereocenters. The summed E-state index contributed by atoms with van der Waals surface area (Å²) in [5, 5.41) is 10.4.